The van der Waals surface area contributed by atoms with Gasteiger partial charge in [-0.15, -0.1) is 0 Å². The number of nitrogens with two attached hydrogens (primary N) is 1. The van der Waals surface area contributed by atoms with Crippen LogP contribution in [0.3, 0.4) is 0 Å². The lowest BCUT2D eigenvalue weighted by atomic mass is 10.1. The number of phenolic OH excluding ortho intramolecular Hbond substituents is 1. The summed E-state index contributed by atoms with van der Waals surface area (Å²) in [7, 11) is 0. The van der Waals surface area contributed by atoms with Gasteiger partial charge in [0.15, 0.2) is 0 Å². The fourth-order valence-electron chi connectivity index (χ4n) is 2.58. The SMILES string of the molecule is NC1CCCc2cnc(Cc3ccc(O)cc3)n21. The number of fused-ring (bicyclic) bond motifs is 1. The van der Waals surface area contributed by atoms with Crippen LogP contribution in [0.1, 0.15) is 36.1 Å². The molecule has 1 aliphatic heterocycles. The number of aryl methyl sites for hydroxylation is 1. The van der Waals surface area contributed by atoms with Gasteiger partial charge in [0.25, 0.3) is 0 Å². The molecule has 3 N–H and O–H groups in total. The maximum Gasteiger partial charge on any atom is 0.115 e. The third-order valence-electron chi connectivity index (χ3n) is 3.51. The number of imidazole rings is 1. The van der Waals surface area contributed by atoms with Crippen molar-refractivity contribution in [2.45, 2.75) is 31.8 Å². The molecule has 0 aliphatic carbocycles. The molecule has 1 unspecified atom stereocenters. The molecule has 0 saturated carbocycles. The van der Waals surface area contributed by atoms with Crippen LogP contribution in [0.15, 0.2) is 30.5 Å². The average molecular weight is 243 g/mol. The van der Waals surface area contributed by atoms with Crippen LogP contribution in [0.5, 0.6) is 5.75 Å². The Kier molecular flexibility index (Phi) is 2.80. The molecule has 1 aromatic heterocycles. The molecule has 94 valence electrons. The second kappa shape index (κ2) is 4.46. The van der Waals surface area contributed by atoms with Gasteiger partial charge in [0.1, 0.15) is 11.6 Å². The number of hydrogen-bond acceptors (Lipinski definition) is 3. The normalized spacial score (nSPS) is 18.6. The second-order valence-corrected chi connectivity index (χ2v) is 4.84. The number of nitrogens with zero attached hydrogens (tertiary/aromatic N) is 2. The first-order valence-electron chi connectivity index (χ1n) is 6.32. The Balaban J connectivity index is 1.89. The molecule has 2 aromatic rings. The highest BCUT2D eigenvalue weighted by atomic mass is 16.3. The topological polar surface area (TPSA) is 64.1 Å². The third kappa shape index (κ3) is 1.99. The molecule has 1 aliphatic rings. The number of aromatic nitrogens is 2. The van der Waals surface area contributed by atoms with Crippen molar-refractivity contribution >= 4 is 0 Å². The summed E-state index contributed by atoms with van der Waals surface area (Å²) in [6.45, 7) is 0. The average Bonchev–Trinajstić information content (AvgIpc) is 2.77. The van der Waals surface area contributed by atoms with Gasteiger partial charge >= 0.3 is 0 Å². The summed E-state index contributed by atoms with van der Waals surface area (Å²) < 4.78 is 2.16. The zero-order chi connectivity index (χ0) is 12.5. The predicted octanol–water partition coefficient (Wildman–Crippen LogP) is 1.97. The molecule has 4 heteroatoms. The fraction of sp³-hybridized carbons (Fsp3) is 0.357. The summed E-state index contributed by atoms with van der Waals surface area (Å²) in [5.41, 5.74) is 8.53. The van der Waals surface area contributed by atoms with E-state index in [4.69, 9.17) is 5.73 Å². The molecule has 2 heterocycles. The molecule has 0 amide bonds. The van der Waals surface area contributed by atoms with E-state index in [1.165, 1.54) is 5.69 Å². The van der Waals surface area contributed by atoms with Crippen LogP contribution in [0.2, 0.25) is 0 Å². The van der Waals surface area contributed by atoms with Crippen molar-refractivity contribution in [2.24, 2.45) is 5.73 Å². The van der Waals surface area contributed by atoms with E-state index in [-0.39, 0.29) is 6.17 Å². The molecule has 4 nitrogen and oxygen atoms in total. The summed E-state index contributed by atoms with van der Waals surface area (Å²) in [6.07, 6.45) is 5.99. The van der Waals surface area contributed by atoms with Crippen LogP contribution < -0.4 is 5.73 Å². The smallest absolute Gasteiger partial charge is 0.115 e. The van der Waals surface area contributed by atoms with Gasteiger partial charge in [-0.05, 0) is 37.0 Å². The van der Waals surface area contributed by atoms with Crippen molar-refractivity contribution in [1.29, 1.82) is 0 Å². The summed E-state index contributed by atoms with van der Waals surface area (Å²) in [4.78, 5) is 4.49. The zero-order valence-electron chi connectivity index (χ0n) is 10.2. The molecule has 0 spiro atoms. The maximum absolute atomic E-state index is 9.28. The summed E-state index contributed by atoms with van der Waals surface area (Å²) in [6, 6.07) is 7.25. The molecule has 0 fully saturated rings. The van der Waals surface area contributed by atoms with E-state index in [2.05, 4.69) is 9.55 Å². The van der Waals surface area contributed by atoms with Gasteiger partial charge in [0.05, 0.1) is 6.17 Å². The first kappa shape index (κ1) is 11.3. The Morgan fingerprint density at radius 3 is 2.89 bits per heavy atom. The Morgan fingerprint density at radius 1 is 1.33 bits per heavy atom. The molecule has 1 atom stereocenters. The van der Waals surface area contributed by atoms with E-state index in [0.717, 1.165) is 37.1 Å². The van der Waals surface area contributed by atoms with Crippen LogP contribution in [-0.4, -0.2) is 14.7 Å². The summed E-state index contributed by atoms with van der Waals surface area (Å²) >= 11 is 0. The molecular formula is C14H17N3O. The Morgan fingerprint density at radius 2 is 2.11 bits per heavy atom. The van der Waals surface area contributed by atoms with Crippen LogP contribution >= 0.6 is 0 Å². The minimum Gasteiger partial charge on any atom is -0.508 e. The molecule has 0 saturated heterocycles. The maximum atomic E-state index is 9.28. The van der Waals surface area contributed by atoms with Crippen LogP contribution in [0.4, 0.5) is 0 Å². The lowest BCUT2D eigenvalue weighted by molar-refractivity contribution is 0.403. The van der Waals surface area contributed by atoms with Crippen molar-refractivity contribution in [1.82, 2.24) is 9.55 Å². The zero-order valence-corrected chi connectivity index (χ0v) is 10.2. The Labute approximate surface area is 106 Å². The Hall–Kier alpha value is -1.81. The number of phenols is 1. The number of aromatic hydroxyl groups is 1. The van der Waals surface area contributed by atoms with Crippen molar-refractivity contribution in [3.63, 3.8) is 0 Å². The van der Waals surface area contributed by atoms with E-state index in [1.807, 2.05) is 18.3 Å². The van der Waals surface area contributed by atoms with Crippen molar-refractivity contribution < 1.29 is 5.11 Å². The number of hydrogen-bond donors (Lipinski definition) is 2. The van der Waals surface area contributed by atoms with Gasteiger partial charge in [0, 0.05) is 18.3 Å². The van der Waals surface area contributed by atoms with Gasteiger partial charge in [0.2, 0.25) is 0 Å². The highest BCUT2D eigenvalue weighted by molar-refractivity contribution is 5.28. The van der Waals surface area contributed by atoms with E-state index < -0.39 is 0 Å². The molecule has 3 rings (SSSR count). The minimum atomic E-state index is 0.0587. The van der Waals surface area contributed by atoms with E-state index in [0.29, 0.717) is 5.75 Å². The largest absolute Gasteiger partial charge is 0.508 e. The summed E-state index contributed by atoms with van der Waals surface area (Å²) in [5, 5.41) is 9.28. The lowest BCUT2D eigenvalue weighted by Gasteiger charge is -2.23. The molecule has 18 heavy (non-hydrogen) atoms. The van der Waals surface area contributed by atoms with Crippen LogP contribution in [0.25, 0.3) is 0 Å². The third-order valence-corrected chi connectivity index (χ3v) is 3.51. The monoisotopic (exact) mass is 243 g/mol. The molecule has 0 radical (unpaired) electrons. The molecule has 0 bridgehead atoms. The van der Waals surface area contributed by atoms with Gasteiger partial charge < -0.3 is 15.4 Å². The second-order valence-electron chi connectivity index (χ2n) is 4.84. The van der Waals surface area contributed by atoms with E-state index >= 15 is 0 Å². The van der Waals surface area contributed by atoms with E-state index in [1.54, 1.807) is 12.1 Å². The van der Waals surface area contributed by atoms with Gasteiger partial charge in [-0.2, -0.15) is 0 Å². The first-order valence-corrected chi connectivity index (χ1v) is 6.32. The lowest BCUT2D eigenvalue weighted by Crippen LogP contribution is -2.26. The van der Waals surface area contributed by atoms with Crippen molar-refractivity contribution in [3.05, 3.63) is 47.5 Å². The van der Waals surface area contributed by atoms with E-state index in [9.17, 15) is 5.11 Å². The highest BCUT2D eigenvalue weighted by Gasteiger charge is 2.20. The minimum absolute atomic E-state index is 0.0587. The van der Waals surface area contributed by atoms with Gasteiger partial charge in [-0.3, -0.25) is 0 Å². The van der Waals surface area contributed by atoms with Crippen LogP contribution in [-0.2, 0) is 12.8 Å². The molecule has 1 aromatic carbocycles. The number of benzene rings is 1. The van der Waals surface area contributed by atoms with Gasteiger partial charge in [-0.1, -0.05) is 12.1 Å². The van der Waals surface area contributed by atoms with Crippen LogP contribution in [0, 0.1) is 0 Å². The quantitative estimate of drug-likeness (QED) is 0.847. The number of rotatable bonds is 2. The fourth-order valence-corrected chi connectivity index (χ4v) is 2.58. The standard InChI is InChI=1S/C14H17N3O/c15-13-3-1-2-11-9-16-14(17(11)13)8-10-4-6-12(18)7-5-10/h4-7,9,13,18H,1-3,8,15H2. The van der Waals surface area contributed by atoms with Crippen molar-refractivity contribution in [3.8, 4) is 5.75 Å². The van der Waals surface area contributed by atoms with Crippen molar-refractivity contribution in [2.75, 3.05) is 0 Å². The summed E-state index contributed by atoms with van der Waals surface area (Å²) in [5.74, 6) is 1.31. The first-order chi connectivity index (χ1) is 8.74. The predicted molar refractivity (Wildman–Crippen MR) is 69.3 cm³/mol. The molecular weight excluding hydrogens is 226 g/mol. The van der Waals surface area contributed by atoms with Gasteiger partial charge in [-0.25, -0.2) is 4.98 Å². The highest BCUT2D eigenvalue weighted by Crippen LogP contribution is 2.24. The Bertz CT molecular complexity index is 545.